The van der Waals surface area contributed by atoms with Gasteiger partial charge in [0.15, 0.2) is 26.2 Å². The Labute approximate surface area is 153 Å². The van der Waals surface area contributed by atoms with E-state index in [-0.39, 0.29) is 49.0 Å². The Morgan fingerprint density at radius 3 is 1.44 bits per heavy atom. The van der Waals surface area contributed by atoms with Crippen molar-refractivity contribution in [2.75, 3.05) is 52.6 Å². The molecular weight excluding hydrogens is 380 g/mol. The highest BCUT2D eigenvalue weighted by Gasteiger charge is 2.38. The third-order valence-electron chi connectivity index (χ3n) is 2.60. The van der Waals surface area contributed by atoms with Crippen LogP contribution in [0.2, 0.25) is 0 Å². The molecule has 0 heterocycles. The minimum Gasteiger partial charge on any atom is -0.477 e. The molecule has 0 saturated heterocycles. The molecule has 0 fully saturated rings. The number of ether oxygens (including phenoxy) is 2. The molecule has 0 spiro atoms. The molecular formula is C12H29N2O13+. The molecule has 0 radical (unpaired) electrons. The average Bonchev–Trinajstić information content (AvgIpc) is 2.35. The number of carbonyl (C=O) groups is 4. The highest BCUT2D eigenvalue weighted by Crippen LogP contribution is 2.08. The molecule has 0 saturated carbocycles. The average molecular weight is 409 g/mol. The minimum absolute atomic E-state index is 0. The smallest absolute Gasteiger partial charge is 0.361 e. The van der Waals surface area contributed by atoms with Crippen LogP contribution >= 0.6 is 0 Å². The largest absolute Gasteiger partial charge is 0.477 e. The van der Waals surface area contributed by atoms with E-state index in [1.165, 1.54) is 0 Å². The maximum atomic E-state index is 11.7. The first-order valence-corrected chi connectivity index (χ1v) is 6.55. The van der Waals surface area contributed by atoms with Crippen molar-refractivity contribution in [3.63, 3.8) is 0 Å². The van der Waals surface area contributed by atoms with Crippen LogP contribution in [-0.2, 0) is 28.7 Å². The number of carbonyl (C=O) groups excluding carboxylic acids is 1. The fourth-order valence-corrected chi connectivity index (χ4v) is 1.90. The van der Waals surface area contributed by atoms with Crippen LogP contribution < -0.4 is 6.15 Å². The van der Waals surface area contributed by atoms with Crippen LogP contribution in [0.4, 0.5) is 0 Å². The van der Waals surface area contributed by atoms with Crippen LogP contribution in [0.25, 0.3) is 0 Å². The van der Waals surface area contributed by atoms with Gasteiger partial charge >= 0.3 is 23.9 Å². The maximum absolute atomic E-state index is 11.7. The van der Waals surface area contributed by atoms with Gasteiger partial charge in [0.05, 0.1) is 19.8 Å². The number of carboxylic acids is 3. The van der Waals surface area contributed by atoms with Gasteiger partial charge < -0.3 is 52.5 Å². The lowest BCUT2D eigenvalue weighted by Gasteiger charge is -2.32. The number of aliphatic hydroxyl groups is 1. The van der Waals surface area contributed by atoms with Crippen molar-refractivity contribution in [1.29, 1.82) is 0 Å². The first-order chi connectivity index (χ1) is 10.7. The number of hydrogen-bond acceptors (Lipinski definition) is 8. The second kappa shape index (κ2) is 18.4. The van der Waals surface area contributed by atoms with Crippen LogP contribution in [0.15, 0.2) is 0 Å². The molecule has 0 aliphatic carbocycles. The van der Waals surface area contributed by atoms with Gasteiger partial charge in [-0.25, -0.2) is 19.2 Å². The summed E-state index contributed by atoms with van der Waals surface area (Å²) in [5.74, 6) is -5.26. The fourth-order valence-electron chi connectivity index (χ4n) is 1.90. The zero-order valence-electron chi connectivity index (χ0n) is 14.5. The molecule has 0 amide bonds. The van der Waals surface area contributed by atoms with Gasteiger partial charge in [0.2, 0.25) is 0 Å². The molecule has 0 aliphatic rings. The summed E-state index contributed by atoms with van der Waals surface area (Å²) < 4.78 is 8.59. The first kappa shape index (κ1) is 35.7. The number of carboxylic acid groups (broad SMARTS) is 3. The minimum atomic E-state index is -1.44. The predicted octanol–water partition coefficient (Wildman–Crippen LogP) is -4.70. The van der Waals surface area contributed by atoms with E-state index in [4.69, 9.17) is 29.9 Å². The van der Waals surface area contributed by atoms with E-state index in [2.05, 4.69) is 0 Å². The quantitative estimate of drug-likeness (QED) is 0.109. The lowest BCUT2D eigenvalue weighted by Crippen LogP contribution is -2.59. The third-order valence-corrected chi connectivity index (χ3v) is 2.60. The summed E-state index contributed by atoms with van der Waals surface area (Å²) >= 11 is 0. The molecule has 13 N–H and O–H groups in total. The molecule has 0 aromatic carbocycles. The lowest BCUT2D eigenvalue weighted by atomic mass is 10.3. The molecule has 15 nitrogen and oxygen atoms in total. The predicted molar refractivity (Wildman–Crippen MR) is 87.4 cm³/mol. The molecule has 0 unspecified atom stereocenters. The van der Waals surface area contributed by atoms with E-state index in [0.717, 1.165) is 0 Å². The van der Waals surface area contributed by atoms with Gasteiger partial charge in [-0.1, -0.05) is 0 Å². The second-order valence-electron chi connectivity index (χ2n) is 4.71. The van der Waals surface area contributed by atoms with Crippen LogP contribution in [0.3, 0.4) is 0 Å². The van der Waals surface area contributed by atoms with E-state index in [1.807, 2.05) is 0 Å². The first-order valence-electron chi connectivity index (χ1n) is 6.55. The summed E-state index contributed by atoms with van der Waals surface area (Å²) in [6.07, 6.45) is 0. The van der Waals surface area contributed by atoms with Crippen molar-refractivity contribution in [3.05, 3.63) is 0 Å². The van der Waals surface area contributed by atoms with Crippen molar-refractivity contribution in [2.24, 2.45) is 0 Å². The lowest BCUT2D eigenvalue weighted by molar-refractivity contribution is -0.900. The highest BCUT2D eigenvalue weighted by molar-refractivity contribution is 5.76. The zero-order valence-corrected chi connectivity index (χ0v) is 14.5. The molecule has 0 aromatic heterocycles. The summed E-state index contributed by atoms with van der Waals surface area (Å²) in [7, 11) is 0. The standard InChI is InChI=1S/C12H19NO10.H3N.3H2O/c14-1-2-22-3-4-23-12(21)8-13(5-9(15)16,6-10(17)18)7-11(19)20;;;;/h14H,1-8H2,(H2-,15,16,17,18,19,20);1H3;3*1H2/p+1. The number of nitrogens with zero attached hydrogens (tertiary/aromatic N) is 1. The van der Waals surface area contributed by atoms with Gasteiger partial charge in [-0.15, -0.1) is 0 Å². The molecule has 0 atom stereocenters. The van der Waals surface area contributed by atoms with Gasteiger partial charge in [0, 0.05) is 0 Å². The van der Waals surface area contributed by atoms with Crippen LogP contribution in [0, 0.1) is 0 Å². The van der Waals surface area contributed by atoms with Crippen LogP contribution in [0.5, 0.6) is 0 Å². The maximum Gasteiger partial charge on any atom is 0.361 e. The zero-order chi connectivity index (χ0) is 17.9. The summed E-state index contributed by atoms with van der Waals surface area (Å²) in [5.41, 5.74) is 0. The number of aliphatic carboxylic acids is 3. The number of quaternary nitrogens is 1. The van der Waals surface area contributed by atoms with Gasteiger partial charge in [-0.2, -0.15) is 0 Å². The number of aliphatic hydroxyl groups excluding tert-OH is 1. The Kier molecular flexibility index (Phi) is 24.3. The Morgan fingerprint density at radius 1 is 0.704 bits per heavy atom. The Morgan fingerprint density at radius 2 is 1.11 bits per heavy atom. The Hall–Kier alpha value is -2.40. The summed E-state index contributed by atoms with van der Waals surface area (Å²) in [6.45, 7) is -3.63. The van der Waals surface area contributed by atoms with E-state index in [0.29, 0.717) is 0 Å². The van der Waals surface area contributed by atoms with Crippen molar-refractivity contribution < 1.29 is 70.0 Å². The molecule has 0 aliphatic heterocycles. The molecule has 0 rings (SSSR count). The van der Waals surface area contributed by atoms with Crippen LogP contribution in [-0.4, -0.2) is 118 Å². The van der Waals surface area contributed by atoms with E-state index >= 15 is 0 Å². The monoisotopic (exact) mass is 409 g/mol. The van der Waals surface area contributed by atoms with Crippen molar-refractivity contribution in [2.45, 2.75) is 0 Å². The number of rotatable bonds is 13. The topological polar surface area (TPSA) is 297 Å². The third kappa shape index (κ3) is 18.2. The summed E-state index contributed by atoms with van der Waals surface area (Å²) in [5, 5.41) is 35.1. The van der Waals surface area contributed by atoms with Gasteiger partial charge in [0.25, 0.3) is 0 Å². The molecule has 164 valence electrons. The fraction of sp³-hybridized carbons (Fsp3) is 0.667. The Balaban J connectivity index is -0.000000403. The summed E-state index contributed by atoms with van der Waals surface area (Å²) in [4.78, 5) is 44.4. The molecule has 27 heavy (non-hydrogen) atoms. The number of hydrogen-bond donors (Lipinski definition) is 5. The Bertz CT molecular complexity index is 402. The highest BCUT2D eigenvalue weighted by atomic mass is 16.6. The van der Waals surface area contributed by atoms with Crippen LogP contribution in [0.1, 0.15) is 0 Å². The molecule has 0 bridgehead atoms. The van der Waals surface area contributed by atoms with Crippen molar-refractivity contribution in [1.82, 2.24) is 6.15 Å². The van der Waals surface area contributed by atoms with E-state index in [9.17, 15) is 19.2 Å². The SMILES string of the molecule is N.O.O.O.O=C(O)C[N+](CC(=O)O)(CC(=O)O)CC(=O)OCCOCCO. The number of esters is 1. The van der Waals surface area contributed by atoms with Gasteiger partial charge in [0.1, 0.15) is 6.61 Å². The van der Waals surface area contributed by atoms with E-state index < -0.39 is 54.5 Å². The normalized spacial score (nSPS) is 9.37. The molecule has 0 aromatic rings. The summed E-state index contributed by atoms with van der Waals surface area (Å²) in [6, 6.07) is 0. The molecule has 15 heteroatoms. The van der Waals surface area contributed by atoms with Crippen molar-refractivity contribution >= 4 is 23.9 Å². The van der Waals surface area contributed by atoms with Gasteiger partial charge in [-0.3, -0.25) is 4.48 Å². The van der Waals surface area contributed by atoms with Crippen molar-refractivity contribution in [3.8, 4) is 0 Å². The van der Waals surface area contributed by atoms with E-state index in [1.54, 1.807) is 0 Å². The second-order valence-corrected chi connectivity index (χ2v) is 4.71. The van der Waals surface area contributed by atoms with Gasteiger partial charge in [-0.05, 0) is 0 Å².